The molecule has 2 N–H and O–H groups in total. The first-order chi connectivity index (χ1) is 13.2. The second-order valence-corrected chi connectivity index (χ2v) is 8.10. The fraction of sp³-hybridized carbons (Fsp3) is 0.625. The normalized spacial score (nSPS) is 17.4. The molecule has 8 nitrogen and oxygen atoms in total. The van der Waals surface area contributed by atoms with Crippen molar-refractivity contribution in [2.45, 2.75) is 37.9 Å². The summed E-state index contributed by atoms with van der Waals surface area (Å²) in [6, 6.07) is 3.38. The van der Waals surface area contributed by atoms with Crippen LogP contribution in [0.5, 0.6) is 5.88 Å². The molecule has 0 saturated carbocycles. The van der Waals surface area contributed by atoms with E-state index >= 15 is 0 Å². The zero-order valence-corrected chi connectivity index (χ0v) is 16.5. The Hall–Kier alpha value is -2.08. The lowest BCUT2D eigenvalue weighted by atomic mass is 10.1. The zero-order chi connectivity index (χ0) is 20.8. The molecular weight excluding hydrogens is 399 g/mol. The van der Waals surface area contributed by atoms with Crippen molar-refractivity contribution in [2.75, 3.05) is 26.7 Å². The van der Waals surface area contributed by atoms with Crippen LogP contribution in [0.3, 0.4) is 0 Å². The summed E-state index contributed by atoms with van der Waals surface area (Å²) >= 11 is 0. The number of nitrogens with one attached hydrogen (secondary N) is 2. The average Bonchev–Trinajstić information content (AvgIpc) is 2.66. The molecule has 28 heavy (non-hydrogen) atoms. The van der Waals surface area contributed by atoms with Crippen LogP contribution in [0.15, 0.2) is 23.3 Å². The second-order valence-electron chi connectivity index (χ2n) is 6.17. The van der Waals surface area contributed by atoms with Gasteiger partial charge >= 0.3 is 15.5 Å². The number of pyridine rings is 1. The van der Waals surface area contributed by atoms with E-state index in [0.29, 0.717) is 29.2 Å². The van der Waals surface area contributed by atoms with Gasteiger partial charge in [0.15, 0.2) is 5.96 Å². The molecule has 1 saturated heterocycles. The van der Waals surface area contributed by atoms with E-state index in [4.69, 9.17) is 4.74 Å². The number of aromatic nitrogens is 1. The van der Waals surface area contributed by atoms with Crippen molar-refractivity contribution in [1.82, 2.24) is 19.9 Å². The van der Waals surface area contributed by atoms with Gasteiger partial charge in [-0.3, -0.25) is 0 Å². The first-order valence-corrected chi connectivity index (χ1v) is 10.2. The van der Waals surface area contributed by atoms with E-state index in [0.717, 1.165) is 5.56 Å². The van der Waals surface area contributed by atoms with Gasteiger partial charge in [-0.1, -0.05) is 6.07 Å². The number of sulfonamides is 1. The van der Waals surface area contributed by atoms with Gasteiger partial charge in [-0.15, -0.1) is 0 Å². The smallest absolute Gasteiger partial charge is 0.481 e. The Kier molecular flexibility index (Phi) is 7.47. The SMILES string of the molecule is CCNC(=NCc1ccc(OC)nc1)NC1CCN(S(=O)(=O)C(F)(F)F)CC1. The first kappa shape index (κ1) is 22.2. The molecule has 0 bridgehead atoms. The van der Waals surface area contributed by atoms with Crippen LogP contribution in [0.1, 0.15) is 25.3 Å². The largest absolute Gasteiger partial charge is 0.511 e. The molecule has 0 radical (unpaired) electrons. The summed E-state index contributed by atoms with van der Waals surface area (Å²) in [4.78, 5) is 8.54. The molecule has 2 rings (SSSR count). The number of methoxy groups -OCH3 is 1. The monoisotopic (exact) mass is 423 g/mol. The third-order valence-electron chi connectivity index (χ3n) is 4.20. The topological polar surface area (TPSA) is 95.9 Å². The fourth-order valence-corrected chi connectivity index (χ4v) is 3.68. The summed E-state index contributed by atoms with van der Waals surface area (Å²) in [5.41, 5.74) is -4.40. The highest BCUT2D eigenvalue weighted by molar-refractivity contribution is 7.90. The van der Waals surface area contributed by atoms with Crippen LogP contribution in [0.2, 0.25) is 0 Å². The first-order valence-electron chi connectivity index (χ1n) is 8.77. The van der Waals surface area contributed by atoms with Crippen LogP contribution in [0.25, 0.3) is 0 Å². The molecule has 0 atom stereocenters. The van der Waals surface area contributed by atoms with E-state index in [9.17, 15) is 21.6 Å². The van der Waals surface area contributed by atoms with Crippen LogP contribution in [-0.4, -0.2) is 62.0 Å². The van der Waals surface area contributed by atoms with Crippen LogP contribution in [0.4, 0.5) is 13.2 Å². The van der Waals surface area contributed by atoms with Crippen LogP contribution >= 0.6 is 0 Å². The minimum absolute atomic E-state index is 0.175. The summed E-state index contributed by atoms with van der Waals surface area (Å²) in [5, 5.41) is 6.22. The highest BCUT2D eigenvalue weighted by atomic mass is 32.2. The molecule has 0 spiro atoms. The van der Waals surface area contributed by atoms with Crippen LogP contribution in [-0.2, 0) is 16.6 Å². The van der Waals surface area contributed by atoms with E-state index < -0.39 is 15.5 Å². The molecule has 0 aromatic carbocycles. The van der Waals surface area contributed by atoms with E-state index in [-0.39, 0.29) is 32.0 Å². The number of ether oxygens (including phenoxy) is 1. The standard InChI is InChI=1S/C16H24F3N5O3S/c1-3-20-15(22-11-12-4-5-14(27-2)21-10-12)23-13-6-8-24(9-7-13)28(25,26)16(17,18)19/h4-5,10,13H,3,6-9,11H2,1-2H3,(H2,20,22,23). The predicted octanol–water partition coefficient (Wildman–Crippen LogP) is 1.46. The van der Waals surface area contributed by atoms with Gasteiger partial charge in [-0.2, -0.15) is 17.5 Å². The second kappa shape index (κ2) is 9.41. The maximum absolute atomic E-state index is 12.6. The maximum atomic E-state index is 12.6. The summed E-state index contributed by atoms with van der Waals surface area (Å²) in [6.07, 6.45) is 2.15. The van der Waals surface area contributed by atoms with Crippen molar-refractivity contribution in [2.24, 2.45) is 4.99 Å². The highest BCUT2D eigenvalue weighted by Gasteiger charge is 2.50. The van der Waals surface area contributed by atoms with Crippen LogP contribution < -0.4 is 15.4 Å². The Bertz CT molecular complexity index is 761. The van der Waals surface area contributed by atoms with E-state index in [2.05, 4.69) is 20.6 Å². The zero-order valence-electron chi connectivity index (χ0n) is 15.7. The number of aliphatic imine (C=N–C) groups is 1. The van der Waals surface area contributed by atoms with Gasteiger partial charge in [0.1, 0.15) is 0 Å². The Labute approximate surface area is 162 Å². The third kappa shape index (κ3) is 5.71. The molecule has 1 aliphatic heterocycles. The Morgan fingerprint density at radius 2 is 2.04 bits per heavy atom. The number of hydrogen-bond donors (Lipinski definition) is 2. The Balaban J connectivity index is 1.94. The third-order valence-corrected chi connectivity index (χ3v) is 5.83. The number of alkyl halides is 3. The van der Waals surface area contributed by atoms with Gasteiger partial charge in [-0.25, -0.2) is 18.4 Å². The molecule has 12 heteroatoms. The van der Waals surface area contributed by atoms with Gasteiger partial charge in [0.2, 0.25) is 5.88 Å². The number of guanidine groups is 1. The molecule has 1 aromatic heterocycles. The highest BCUT2D eigenvalue weighted by Crippen LogP contribution is 2.28. The molecule has 1 aromatic rings. The van der Waals surface area contributed by atoms with Crippen molar-refractivity contribution in [1.29, 1.82) is 0 Å². The quantitative estimate of drug-likeness (QED) is 0.531. The maximum Gasteiger partial charge on any atom is 0.511 e. The van der Waals surface area contributed by atoms with Crippen LogP contribution in [0, 0.1) is 0 Å². The number of halogens is 3. The lowest BCUT2D eigenvalue weighted by Gasteiger charge is -2.32. The summed E-state index contributed by atoms with van der Waals surface area (Å²) < 4.78 is 66.4. The minimum Gasteiger partial charge on any atom is -0.481 e. The molecule has 2 heterocycles. The lowest BCUT2D eigenvalue weighted by Crippen LogP contribution is -2.51. The number of hydrogen-bond acceptors (Lipinski definition) is 5. The summed E-state index contributed by atoms with van der Waals surface area (Å²) in [6.45, 7) is 2.47. The molecule has 158 valence electrons. The molecule has 0 unspecified atom stereocenters. The van der Waals surface area contributed by atoms with E-state index in [1.165, 1.54) is 7.11 Å². The van der Waals surface area contributed by atoms with Crippen molar-refractivity contribution < 1.29 is 26.3 Å². The predicted molar refractivity (Wildman–Crippen MR) is 98.3 cm³/mol. The van der Waals surface area contributed by atoms with Crippen molar-refractivity contribution in [3.8, 4) is 5.88 Å². The molecular formula is C16H24F3N5O3S. The van der Waals surface area contributed by atoms with Crippen molar-refractivity contribution in [3.05, 3.63) is 23.9 Å². The summed E-state index contributed by atoms with van der Waals surface area (Å²) in [7, 11) is -3.74. The fourth-order valence-electron chi connectivity index (χ4n) is 2.70. The Morgan fingerprint density at radius 1 is 1.36 bits per heavy atom. The molecule has 0 aliphatic carbocycles. The van der Waals surface area contributed by atoms with Gasteiger partial charge in [0.05, 0.1) is 13.7 Å². The van der Waals surface area contributed by atoms with Crippen molar-refractivity contribution in [3.63, 3.8) is 0 Å². The number of nitrogens with zero attached hydrogens (tertiary/aromatic N) is 3. The van der Waals surface area contributed by atoms with E-state index in [1.807, 2.05) is 13.0 Å². The molecule has 1 fully saturated rings. The number of piperidine rings is 1. The van der Waals surface area contributed by atoms with Gasteiger partial charge < -0.3 is 15.4 Å². The average molecular weight is 423 g/mol. The summed E-state index contributed by atoms with van der Waals surface area (Å²) in [5.74, 6) is 1.01. The molecule has 1 aliphatic rings. The minimum atomic E-state index is -5.27. The van der Waals surface area contributed by atoms with E-state index in [1.54, 1.807) is 12.3 Å². The van der Waals surface area contributed by atoms with Gasteiger partial charge in [-0.05, 0) is 25.3 Å². The molecule has 0 amide bonds. The lowest BCUT2D eigenvalue weighted by molar-refractivity contribution is -0.0494. The number of rotatable bonds is 6. The van der Waals surface area contributed by atoms with Gasteiger partial charge in [0, 0.05) is 37.9 Å². The van der Waals surface area contributed by atoms with Crippen molar-refractivity contribution >= 4 is 16.0 Å². The Morgan fingerprint density at radius 3 is 2.54 bits per heavy atom. The van der Waals surface area contributed by atoms with Gasteiger partial charge in [0.25, 0.3) is 0 Å².